The van der Waals surface area contributed by atoms with Gasteiger partial charge in [0, 0.05) is 11.1 Å². The summed E-state index contributed by atoms with van der Waals surface area (Å²) in [7, 11) is 1.45. The van der Waals surface area contributed by atoms with Crippen molar-refractivity contribution in [3.63, 3.8) is 0 Å². The van der Waals surface area contributed by atoms with Crippen molar-refractivity contribution in [2.45, 2.75) is 6.54 Å². The first-order chi connectivity index (χ1) is 18.1. The number of hydrazine groups is 1. The summed E-state index contributed by atoms with van der Waals surface area (Å²) in [6, 6.07) is 25.7. The number of ether oxygens (including phenoxy) is 1. The molecule has 2 heterocycles. The van der Waals surface area contributed by atoms with Crippen molar-refractivity contribution in [2.75, 3.05) is 7.11 Å². The first kappa shape index (κ1) is 23.4. The topological polar surface area (TPSA) is 129 Å². The van der Waals surface area contributed by atoms with Crippen molar-refractivity contribution in [2.24, 2.45) is 0 Å². The number of carbonyl (C=O) groups is 2. The van der Waals surface area contributed by atoms with E-state index in [4.69, 9.17) is 4.74 Å². The molecule has 3 aromatic carbocycles. The highest BCUT2D eigenvalue weighted by Gasteiger charge is 2.19. The Labute approximate surface area is 211 Å². The Morgan fingerprint density at radius 1 is 0.838 bits per heavy atom. The molecule has 37 heavy (non-hydrogen) atoms. The van der Waals surface area contributed by atoms with Gasteiger partial charge in [0.05, 0.1) is 25.5 Å². The Morgan fingerprint density at radius 3 is 2.22 bits per heavy atom. The largest absolute Gasteiger partial charge is 0.493 e. The number of hydrogen-bond acceptors (Lipinski definition) is 7. The number of amides is 2. The second kappa shape index (κ2) is 10.5. The Balaban J connectivity index is 1.19. The van der Waals surface area contributed by atoms with Crippen LogP contribution in [0, 0.1) is 0 Å². The zero-order valence-corrected chi connectivity index (χ0v) is 19.8. The second-order valence-electron chi connectivity index (χ2n) is 7.94. The summed E-state index contributed by atoms with van der Waals surface area (Å²) >= 11 is 0. The summed E-state index contributed by atoms with van der Waals surface area (Å²) in [5, 5.41) is 16.9. The van der Waals surface area contributed by atoms with Crippen LogP contribution in [0.4, 0.5) is 0 Å². The molecule has 0 radical (unpaired) electrons. The Hall–Kier alpha value is -5.32. The molecule has 0 aliphatic rings. The van der Waals surface area contributed by atoms with Crippen LogP contribution in [0.1, 0.15) is 26.4 Å². The Kier molecular flexibility index (Phi) is 6.66. The molecule has 2 amide bonds. The molecule has 0 saturated heterocycles. The average molecular weight is 495 g/mol. The van der Waals surface area contributed by atoms with Crippen molar-refractivity contribution in [1.29, 1.82) is 0 Å². The van der Waals surface area contributed by atoms with E-state index in [1.807, 2.05) is 60.7 Å². The molecular weight excluding hydrogens is 472 g/mol. The maximum atomic E-state index is 12.7. The molecule has 184 valence electrons. The van der Waals surface area contributed by atoms with Crippen LogP contribution in [0.2, 0.25) is 0 Å². The van der Waals surface area contributed by atoms with Crippen LogP contribution in [0.15, 0.2) is 91.1 Å². The molecule has 2 N–H and O–H groups in total. The molecule has 0 spiro atoms. The summed E-state index contributed by atoms with van der Waals surface area (Å²) in [5.41, 5.74) is 7.72. The lowest BCUT2D eigenvalue weighted by Gasteiger charge is -2.07. The van der Waals surface area contributed by atoms with Crippen LogP contribution in [-0.4, -0.2) is 48.9 Å². The van der Waals surface area contributed by atoms with Gasteiger partial charge in [0.1, 0.15) is 0 Å². The highest BCUT2D eigenvalue weighted by Crippen LogP contribution is 2.19. The fourth-order valence-electron chi connectivity index (χ4n) is 3.56. The van der Waals surface area contributed by atoms with Gasteiger partial charge in [-0.3, -0.25) is 20.4 Å². The number of nitrogens with one attached hydrogen (secondary N) is 2. The first-order valence-electron chi connectivity index (χ1n) is 11.3. The summed E-state index contributed by atoms with van der Waals surface area (Å²) in [5.74, 6) is -0.274. The highest BCUT2D eigenvalue weighted by molar-refractivity contribution is 5.99. The molecule has 5 aromatic rings. The fourth-order valence-corrected chi connectivity index (χ4v) is 3.56. The fraction of sp³-hybridized carbons (Fsp3) is 0.0769. The van der Waals surface area contributed by atoms with Gasteiger partial charge in [0.2, 0.25) is 5.82 Å². The van der Waals surface area contributed by atoms with Gasteiger partial charge in [-0.1, -0.05) is 60.7 Å². The van der Waals surface area contributed by atoms with Gasteiger partial charge in [-0.2, -0.15) is 9.90 Å². The molecule has 0 fully saturated rings. The lowest BCUT2D eigenvalue weighted by molar-refractivity contribution is 0.0842. The molecule has 0 aliphatic heterocycles. The van der Waals surface area contributed by atoms with Crippen molar-refractivity contribution in [3.05, 3.63) is 108 Å². The number of benzene rings is 3. The standard InChI is InChI=1S/C26H22N8O3/c1-37-22-17-33(21-10-6-3-7-11-21)30-23(22)26(36)29-28-25(35)20-14-12-18(13-15-20)16-34-31-24(27-32-34)19-8-4-2-5-9-19/h2-15,17H,16H2,1H3,(H,28,35)(H,29,36). The van der Waals surface area contributed by atoms with Crippen LogP contribution in [0.25, 0.3) is 17.1 Å². The normalized spacial score (nSPS) is 10.6. The van der Waals surface area contributed by atoms with E-state index in [1.54, 1.807) is 30.5 Å². The van der Waals surface area contributed by atoms with Crippen LogP contribution in [-0.2, 0) is 6.54 Å². The molecule has 11 heteroatoms. The molecule has 0 aliphatic carbocycles. The summed E-state index contributed by atoms with van der Waals surface area (Å²) in [4.78, 5) is 26.7. The van der Waals surface area contributed by atoms with E-state index < -0.39 is 11.8 Å². The number of methoxy groups -OCH3 is 1. The number of hydrogen-bond donors (Lipinski definition) is 2. The number of para-hydroxylation sites is 1. The molecule has 11 nitrogen and oxygen atoms in total. The van der Waals surface area contributed by atoms with E-state index in [0.717, 1.165) is 16.8 Å². The molecule has 0 saturated carbocycles. The van der Waals surface area contributed by atoms with Gasteiger partial charge < -0.3 is 4.74 Å². The van der Waals surface area contributed by atoms with Crippen molar-refractivity contribution < 1.29 is 14.3 Å². The van der Waals surface area contributed by atoms with Crippen molar-refractivity contribution in [3.8, 4) is 22.8 Å². The number of nitrogens with zero attached hydrogens (tertiary/aromatic N) is 6. The molecule has 5 rings (SSSR count). The maximum absolute atomic E-state index is 12.7. The maximum Gasteiger partial charge on any atom is 0.294 e. The van der Waals surface area contributed by atoms with E-state index in [1.165, 1.54) is 16.6 Å². The van der Waals surface area contributed by atoms with Crippen molar-refractivity contribution >= 4 is 11.8 Å². The Morgan fingerprint density at radius 2 is 1.51 bits per heavy atom. The molecule has 2 aromatic heterocycles. The van der Waals surface area contributed by atoms with Crippen LogP contribution >= 0.6 is 0 Å². The Bertz CT molecular complexity index is 1510. The summed E-state index contributed by atoms with van der Waals surface area (Å²) in [6.07, 6.45) is 1.59. The van der Waals surface area contributed by atoms with Gasteiger partial charge in [0.15, 0.2) is 11.4 Å². The van der Waals surface area contributed by atoms with Gasteiger partial charge in [-0.05, 0) is 35.0 Å². The highest BCUT2D eigenvalue weighted by atomic mass is 16.5. The number of aromatic nitrogens is 6. The van der Waals surface area contributed by atoms with Crippen molar-refractivity contribution in [1.82, 2.24) is 40.8 Å². The minimum absolute atomic E-state index is 0.0391. The third-order valence-corrected chi connectivity index (χ3v) is 5.45. The molecule has 0 unspecified atom stereocenters. The molecular formula is C26H22N8O3. The summed E-state index contributed by atoms with van der Waals surface area (Å²) < 4.78 is 6.80. The van der Waals surface area contributed by atoms with E-state index in [0.29, 0.717) is 17.9 Å². The predicted molar refractivity (Wildman–Crippen MR) is 134 cm³/mol. The quantitative estimate of drug-likeness (QED) is 0.333. The zero-order valence-electron chi connectivity index (χ0n) is 19.8. The van der Waals surface area contributed by atoms with E-state index in [9.17, 15) is 9.59 Å². The first-order valence-corrected chi connectivity index (χ1v) is 11.3. The SMILES string of the molecule is COc1cn(-c2ccccc2)nc1C(=O)NNC(=O)c1ccc(Cn2nnc(-c3ccccc3)n2)cc1. The minimum atomic E-state index is -0.608. The lowest BCUT2D eigenvalue weighted by Crippen LogP contribution is -2.42. The number of tetrazole rings is 1. The van der Waals surface area contributed by atoms with Gasteiger partial charge in [-0.25, -0.2) is 4.68 Å². The lowest BCUT2D eigenvalue weighted by atomic mass is 10.1. The van der Waals surface area contributed by atoms with E-state index in [-0.39, 0.29) is 11.4 Å². The second-order valence-corrected chi connectivity index (χ2v) is 7.94. The van der Waals surface area contributed by atoms with Crippen LogP contribution in [0.5, 0.6) is 5.75 Å². The monoisotopic (exact) mass is 494 g/mol. The third kappa shape index (κ3) is 5.35. The van der Waals surface area contributed by atoms with Crippen LogP contribution < -0.4 is 15.6 Å². The average Bonchev–Trinajstić information content (AvgIpc) is 3.60. The molecule has 0 atom stereocenters. The third-order valence-electron chi connectivity index (χ3n) is 5.45. The van der Waals surface area contributed by atoms with E-state index in [2.05, 4.69) is 31.4 Å². The predicted octanol–water partition coefficient (Wildman–Crippen LogP) is 2.66. The molecule has 0 bridgehead atoms. The van der Waals surface area contributed by atoms with E-state index >= 15 is 0 Å². The number of rotatable bonds is 7. The minimum Gasteiger partial charge on any atom is -0.493 e. The van der Waals surface area contributed by atoms with Gasteiger partial charge in [-0.15, -0.1) is 10.2 Å². The smallest absolute Gasteiger partial charge is 0.294 e. The summed E-state index contributed by atoms with van der Waals surface area (Å²) in [6.45, 7) is 0.391. The van der Waals surface area contributed by atoms with Gasteiger partial charge >= 0.3 is 0 Å². The zero-order chi connectivity index (χ0) is 25.6. The van der Waals surface area contributed by atoms with Crippen LogP contribution in [0.3, 0.4) is 0 Å². The number of carbonyl (C=O) groups excluding carboxylic acids is 2. The van der Waals surface area contributed by atoms with Gasteiger partial charge in [0.25, 0.3) is 11.8 Å².